The summed E-state index contributed by atoms with van der Waals surface area (Å²) in [5, 5.41) is 8.42. The molecule has 122 valence electrons. The summed E-state index contributed by atoms with van der Waals surface area (Å²) < 4.78 is 5.35. The molecule has 1 unspecified atom stereocenters. The first-order valence-electron chi connectivity index (χ1n) is 7.17. The van der Waals surface area contributed by atoms with Gasteiger partial charge in [0.25, 0.3) is 5.91 Å². The van der Waals surface area contributed by atoms with Crippen molar-refractivity contribution in [2.24, 2.45) is 10.9 Å². The Morgan fingerprint density at radius 3 is 2.70 bits per heavy atom. The number of anilines is 1. The molecular formula is C16H19N3O3S. The van der Waals surface area contributed by atoms with Crippen LogP contribution in [0.5, 0.6) is 5.75 Å². The van der Waals surface area contributed by atoms with Crippen molar-refractivity contribution in [2.45, 2.75) is 20.0 Å². The predicted octanol–water partition coefficient (Wildman–Crippen LogP) is 2.81. The fourth-order valence-corrected chi connectivity index (χ4v) is 2.32. The minimum absolute atomic E-state index is 0.251. The zero-order valence-electron chi connectivity index (χ0n) is 13.0. The van der Waals surface area contributed by atoms with E-state index >= 15 is 0 Å². The number of hydrogen-bond acceptors (Lipinski definition) is 5. The second-order valence-corrected chi connectivity index (χ2v) is 5.60. The second kappa shape index (κ2) is 8.19. The van der Waals surface area contributed by atoms with Crippen molar-refractivity contribution in [2.75, 3.05) is 11.9 Å². The van der Waals surface area contributed by atoms with E-state index in [2.05, 4.69) is 10.5 Å². The van der Waals surface area contributed by atoms with Gasteiger partial charge < -0.3 is 20.6 Å². The van der Waals surface area contributed by atoms with Crippen molar-refractivity contribution in [3.63, 3.8) is 0 Å². The lowest BCUT2D eigenvalue weighted by molar-refractivity contribution is -0.126. The number of amidine groups is 1. The van der Waals surface area contributed by atoms with Gasteiger partial charge in [-0.3, -0.25) is 4.79 Å². The van der Waals surface area contributed by atoms with Gasteiger partial charge in [0.2, 0.25) is 6.10 Å². The molecule has 0 fully saturated rings. The number of ether oxygens (including phenoxy) is 1. The molecule has 1 atom stereocenters. The summed E-state index contributed by atoms with van der Waals surface area (Å²) in [7, 11) is 0. The number of carbonyl (C=O) groups is 1. The second-order valence-electron chi connectivity index (χ2n) is 4.65. The summed E-state index contributed by atoms with van der Waals surface area (Å²) in [6.45, 7) is 4.12. The normalized spacial score (nSPS) is 12.5. The Kier molecular flexibility index (Phi) is 5.99. The fourth-order valence-electron chi connectivity index (χ4n) is 1.70. The first kappa shape index (κ1) is 16.8. The summed E-state index contributed by atoms with van der Waals surface area (Å²) in [4.78, 5) is 18.0. The highest BCUT2D eigenvalue weighted by Crippen LogP contribution is 2.16. The van der Waals surface area contributed by atoms with Crippen LogP contribution >= 0.6 is 11.3 Å². The van der Waals surface area contributed by atoms with Gasteiger partial charge >= 0.3 is 0 Å². The van der Waals surface area contributed by atoms with Gasteiger partial charge in [-0.25, -0.2) is 0 Å². The topological polar surface area (TPSA) is 85.9 Å². The van der Waals surface area contributed by atoms with Gasteiger partial charge in [-0.2, -0.15) is 0 Å². The van der Waals surface area contributed by atoms with Crippen LogP contribution in [0.1, 0.15) is 18.7 Å². The van der Waals surface area contributed by atoms with Gasteiger partial charge in [0.1, 0.15) is 5.75 Å². The molecule has 1 aromatic heterocycles. The highest BCUT2D eigenvalue weighted by atomic mass is 32.1. The highest BCUT2D eigenvalue weighted by Gasteiger charge is 2.15. The van der Waals surface area contributed by atoms with Crippen LogP contribution in [0.3, 0.4) is 0 Å². The smallest absolute Gasteiger partial charge is 0.267 e. The molecule has 0 aliphatic heterocycles. The Morgan fingerprint density at radius 1 is 1.35 bits per heavy atom. The third-order valence-electron chi connectivity index (χ3n) is 2.88. The number of nitrogens with one attached hydrogen (secondary N) is 1. The molecule has 1 heterocycles. The number of hydrogen-bond donors (Lipinski definition) is 2. The summed E-state index contributed by atoms with van der Waals surface area (Å²) in [6.07, 6.45) is -0.764. The number of nitrogens with zero attached hydrogens (tertiary/aromatic N) is 1. The Bertz CT molecular complexity index is 654. The van der Waals surface area contributed by atoms with Crippen molar-refractivity contribution >= 4 is 28.8 Å². The van der Waals surface area contributed by atoms with Crippen molar-refractivity contribution in [3.05, 3.63) is 46.7 Å². The van der Waals surface area contributed by atoms with Gasteiger partial charge in [0.15, 0.2) is 5.84 Å². The molecule has 0 aliphatic carbocycles. The lowest BCUT2D eigenvalue weighted by Crippen LogP contribution is -2.27. The van der Waals surface area contributed by atoms with Gasteiger partial charge in [-0.1, -0.05) is 11.2 Å². The van der Waals surface area contributed by atoms with Crippen molar-refractivity contribution in [1.29, 1.82) is 0 Å². The van der Waals surface area contributed by atoms with E-state index < -0.39 is 6.10 Å². The Hall–Kier alpha value is -2.54. The van der Waals surface area contributed by atoms with Crippen LogP contribution in [0.15, 0.2) is 46.9 Å². The van der Waals surface area contributed by atoms with E-state index in [1.165, 1.54) is 11.3 Å². The van der Waals surface area contributed by atoms with E-state index in [9.17, 15) is 4.79 Å². The maximum atomic E-state index is 12.0. The first-order chi connectivity index (χ1) is 11.1. The van der Waals surface area contributed by atoms with E-state index in [1.807, 2.05) is 24.4 Å². The van der Waals surface area contributed by atoms with E-state index in [1.54, 1.807) is 31.2 Å². The zero-order chi connectivity index (χ0) is 16.7. The molecule has 0 aliphatic rings. The summed E-state index contributed by atoms with van der Waals surface area (Å²) in [5.41, 5.74) is 6.43. The standard InChI is InChI=1S/C16H19N3O3S/c1-3-21-13-8-6-12(7-9-13)18-16(20)11(2)22-19-15(17)14-5-4-10-23-14/h4-11H,3H2,1-2H3,(H2,17,19)(H,18,20). The van der Waals surface area contributed by atoms with E-state index in [-0.39, 0.29) is 11.7 Å². The predicted molar refractivity (Wildman–Crippen MR) is 91.8 cm³/mol. The number of amides is 1. The number of rotatable bonds is 7. The van der Waals surface area contributed by atoms with Crippen LogP contribution in [0.25, 0.3) is 0 Å². The minimum atomic E-state index is -0.764. The molecule has 0 saturated carbocycles. The third kappa shape index (κ3) is 5.00. The van der Waals surface area contributed by atoms with E-state index in [0.29, 0.717) is 12.3 Å². The average Bonchev–Trinajstić information content (AvgIpc) is 3.09. The molecule has 0 saturated heterocycles. The minimum Gasteiger partial charge on any atom is -0.494 e. The quantitative estimate of drug-likeness (QED) is 0.463. The molecule has 23 heavy (non-hydrogen) atoms. The van der Waals surface area contributed by atoms with Crippen LogP contribution in [-0.4, -0.2) is 24.5 Å². The van der Waals surface area contributed by atoms with Crippen LogP contribution in [-0.2, 0) is 9.63 Å². The zero-order valence-corrected chi connectivity index (χ0v) is 13.8. The number of thiophene rings is 1. The molecule has 2 aromatic rings. The van der Waals surface area contributed by atoms with Gasteiger partial charge in [0.05, 0.1) is 11.5 Å². The first-order valence-corrected chi connectivity index (χ1v) is 8.05. The SMILES string of the molecule is CCOc1ccc(NC(=O)C(C)O/N=C(\N)c2cccs2)cc1. The Labute approximate surface area is 138 Å². The molecule has 1 amide bonds. The van der Waals surface area contributed by atoms with Crippen LogP contribution in [0.4, 0.5) is 5.69 Å². The lowest BCUT2D eigenvalue weighted by atomic mass is 10.3. The van der Waals surface area contributed by atoms with E-state index in [4.69, 9.17) is 15.3 Å². The molecule has 1 aromatic carbocycles. The number of nitrogens with two attached hydrogens (primary N) is 1. The summed E-state index contributed by atoms with van der Waals surface area (Å²) in [5.74, 6) is 0.695. The lowest BCUT2D eigenvalue weighted by Gasteiger charge is -2.11. The largest absolute Gasteiger partial charge is 0.494 e. The fraction of sp³-hybridized carbons (Fsp3) is 0.250. The molecule has 6 nitrogen and oxygen atoms in total. The average molecular weight is 333 g/mol. The molecule has 0 spiro atoms. The molecule has 7 heteroatoms. The number of oxime groups is 1. The van der Waals surface area contributed by atoms with Gasteiger partial charge in [0, 0.05) is 5.69 Å². The summed E-state index contributed by atoms with van der Waals surface area (Å²) in [6, 6.07) is 10.8. The van der Waals surface area contributed by atoms with E-state index in [0.717, 1.165) is 10.6 Å². The number of benzene rings is 1. The van der Waals surface area contributed by atoms with Crippen LogP contribution < -0.4 is 15.8 Å². The molecule has 0 radical (unpaired) electrons. The monoisotopic (exact) mass is 333 g/mol. The molecular weight excluding hydrogens is 314 g/mol. The Morgan fingerprint density at radius 2 is 2.09 bits per heavy atom. The van der Waals surface area contributed by atoms with Crippen molar-refractivity contribution in [3.8, 4) is 5.75 Å². The van der Waals surface area contributed by atoms with Crippen LogP contribution in [0, 0.1) is 0 Å². The third-order valence-corrected chi connectivity index (χ3v) is 3.78. The highest BCUT2D eigenvalue weighted by molar-refractivity contribution is 7.12. The molecule has 0 bridgehead atoms. The molecule has 3 N–H and O–H groups in total. The van der Waals surface area contributed by atoms with Gasteiger partial charge in [-0.15, -0.1) is 11.3 Å². The van der Waals surface area contributed by atoms with Gasteiger partial charge in [-0.05, 0) is 49.6 Å². The maximum Gasteiger partial charge on any atom is 0.267 e. The van der Waals surface area contributed by atoms with Crippen LogP contribution in [0.2, 0.25) is 0 Å². The number of carbonyl (C=O) groups excluding carboxylic acids is 1. The molecule has 2 rings (SSSR count). The van der Waals surface area contributed by atoms with Crippen molar-refractivity contribution in [1.82, 2.24) is 0 Å². The summed E-state index contributed by atoms with van der Waals surface area (Å²) >= 11 is 1.45. The maximum absolute atomic E-state index is 12.0. The Balaban J connectivity index is 1.88. The van der Waals surface area contributed by atoms with Crippen molar-refractivity contribution < 1.29 is 14.4 Å².